The Hall–Kier alpha value is -1.43. The first-order valence-corrected chi connectivity index (χ1v) is 4.77. The van der Waals surface area contributed by atoms with Crippen molar-refractivity contribution in [2.75, 3.05) is 0 Å². The lowest BCUT2D eigenvalue weighted by Crippen LogP contribution is -1.93. The molecular formula is C7H7NO4S. The maximum absolute atomic E-state index is 10.4. The molecule has 70 valence electrons. The normalized spacial score (nSPS) is 21.2. The molecule has 1 rings (SSSR count). The van der Waals surface area contributed by atoms with Gasteiger partial charge in [-0.2, -0.15) is 0 Å². The van der Waals surface area contributed by atoms with Gasteiger partial charge >= 0.3 is 5.97 Å². The number of aliphatic carboxylic acids is 1. The van der Waals surface area contributed by atoms with Gasteiger partial charge in [0.05, 0.1) is 4.92 Å². The molecule has 0 aromatic heterocycles. The molecule has 1 atom stereocenters. The van der Waals surface area contributed by atoms with Crippen LogP contribution >= 0.6 is 10.5 Å². The van der Waals surface area contributed by atoms with E-state index in [0.717, 1.165) is 6.08 Å². The second-order valence-electron chi connectivity index (χ2n) is 2.21. The second-order valence-corrected chi connectivity index (χ2v) is 3.98. The molecule has 1 aliphatic heterocycles. The van der Waals surface area contributed by atoms with Crippen LogP contribution in [0.3, 0.4) is 0 Å². The van der Waals surface area contributed by atoms with Crippen molar-refractivity contribution in [3.8, 4) is 0 Å². The monoisotopic (exact) mass is 201 g/mol. The summed E-state index contributed by atoms with van der Waals surface area (Å²) >= 11 is 0. The summed E-state index contributed by atoms with van der Waals surface area (Å²) in [5, 5.41) is 21.9. The summed E-state index contributed by atoms with van der Waals surface area (Å²) in [5.41, 5.74) is 0. The predicted molar refractivity (Wildman–Crippen MR) is 50.1 cm³/mol. The van der Waals surface area contributed by atoms with Crippen molar-refractivity contribution in [1.82, 2.24) is 0 Å². The van der Waals surface area contributed by atoms with Gasteiger partial charge in [-0.15, -0.1) is 0 Å². The van der Waals surface area contributed by atoms with Crippen molar-refractivity contribution in [2.24, 2.45) is 0 Å². The van der Waals surface area contributed by atoms with E-state index in [1.165, 1.54) is 11.5 Å². The quantitative estimate of drug-likeness (QED) is 0.322. The lowest BCUT2D eigenvalue weighted by molar-refractivity contribution is -0.410. The first-order valence-electron chi connectivity index (χ1n) is 3.42. The number of rotatable bonds is 3. The van der Waals surface area contributed by atoms with Gasteiger partial charge in [0.1, 0.15) is 0 Å². The van der Waals surface area contributed by atoms with Crippen molar-refractivity contribution in [3.63, 3.8) is 0 Å². The van der Waals surface area contributed by atoms with Crippen LogP contribution in [0, 0.1) is 10.1 Å². The molecular weight excluding hydrogens is 194 g/mol. The topological polar surface area (TPSA) is 80.4 Å². The molecule has 0 fully saturated rings. The minimum atomic E-state index is -1.09. The van der Waals surface area contributed by atoms with Crippen molar-refractivity contribution in [2.45, 2.75) is 6.42 Å². The summed E-state index contributed by atoms with van der Waals surface area (Å²) in [4.78, 5) is 20.1. The van der Waals surface area contributed by atoms with Gasteiger partial charge < -0.3 is 5.11 Å². The highest BCUT2D eigenvalue weighted by Crippen LogP contribution is 2.31. The first-order chi connectivity index (χ1) is 6.11. The highest BCUT2D eigenvalue weighted by molar-refractivity contribution is 8.20. The fourth-order valence-electron chi connectivity index (χ4n) is 0.852. The van der Waals surface area contributed by atoms with Crippen LogP contribution in [0.5, 0.6) is 0 Å². The zero-order valence-electron chi connectivity index (χ0n) is 6.54. The lowest BCUT2D eigenvalue weighted by atomic mass is 10.5. The Balaban J connectivity index is 2.78. The number of allylic oxidation sites excluding steroid dienone is 1. The van der Waals surface area contributed by atoms with E-state index < -0.39 is 21.4 Å². The van der Waals surface area contributed by atoms with Crippen LogP contribution in [0.4, 0.5) is 0 Å². The fourth-order valence-corrected chi connectivity index (χ4v) is 2.30. The summed E-state index contributed by atoms with van der Waals surface area (Å²) in [6, 6.07) is 0. The van der Waals surface area contributed by atoms with Gasteiger partial charge in [-0.3, -0.25) is 10.1 Å². The second kappa shape index (κ2) is 3.99. The maximum atomic E-state index is 10.4. The zero-order chi connectivity index (χ0) is 9.84. The summed E-state index contributed by atoms with van der Waals surface area (Å²) in [7, 11) is -0.740. The fraction of sp³-hybridized carbons (Fsp3) is 0.143. The number of carbonyl (C=O) groups is 1. The molecule has 0 aromatic rings. The summed E-state index contributed by atoms with van der Waals surface area (Å²) in [6.07, 6.45) is 2.96. The van der Waals surface area contributed by atoms with E-state index in [4.69, 9.17) is 5.11 Å². The summed E-state index contributed by atoms with van der Waals surface area (Å²) in [5.74, 6) is -1.09. The Kier molecular flexibility index (Phi) is 2.97. The third-order valence-corrected chi connectivity index (χ3v) is 3.13. The maximum Gasteiger partial charge on any atom is 0.328 e. The SMILES string of the molecule is O=C(O)C=CS1=CCC=C1[N+](=O)[O-]. The molecule has 1 unspecified atom stereocenters. The Labute approximate surface area is 76.4 Å². The van der Waals surface area contributed by atoms with Gasteiger partial charge in [-0.25, -0.2) is 4.79 Å². The minimum Gasteiger partial charge on any atom is -0.478 e. The molecule has 1 N–H and O–H groups in total. The summed E-state index contributed by atoms with van der Waals surface area (Å²) in [6.45, 7) is 0. The molecule has 0 aliphatic carbocycles. The average Bonchev–Trinajstić information content (AvgIpc) is 2.47. The van der Waals surface area contributed by atoms with E-state index in [2.05, 4.69) is 0 Å². The number of carboxylic acids is 1. The van der Waals surface area contributed by atoms with E-state index in [9.17, 15) is 14.9 Å². The molecule has 6 heteroatoms. The Morgan fingerprint density at radius 3 is 3.00 bits per heavy atom. The van der Waals surface area contributed by atoms with E-state index in [1.807, 2.05) is 0 Å². The van der Waals surface area contributed by atoms with E-state index in [0.29, 0.717) is 6.42 Å². The van der Waals surface area contributed by atoms with Gasteiger partial charge in [-0.1, -0.05) is 10.5 Å². The van der Waals surface area contributed by atoms with Crippen LogP contribution in [-0.4, -0.2) is 21.4 Å². The third-order valence-electron chi connectivity index (χ3n) is 1.35. The van der Waals surface area contributed by atoms with Crippen molar-refractivity contribution in [1.29, 1.82) is 0 Å². The van der Waals surface area contributed by atoms with Crippen LogP contribution in [0.25, 0.3) is 0 Å². The molecule has 0 radical (unpaired) electrons. The molecule has 1 aliphatic rings. The number of carboxylic acid groups (broad SMARTS) is 1. The molecule has 0 aromatic carbocycles. The van der Waals surface area contributed by atoms with Gasteiger partial charge in [-0.05, 0) is 17.2 Å². The van der Waals surface area contributed by atoms with Gasteiger partial charge in [0, 0.05) is 12.2 Å². The average molecular weight is 201 g/mol. The van der Waals surface area contributed by atoms with Gasteiger partial charge in [0.15, 0.2) is 0 Å². The minimum absolute atomic E-state index is 0.0810. The Morgan fingerprint density at radius 2 is 2.46 bits per heavy atom. The van der Waals surface area contributed by atoms with Crippen LogP contribution < -0.4 is 0 Å². The summed E-state index contributed by atoms with van der Waals surface area (Å²) < 4.78 is 0. The van der Waals surface area contributed by atoms with Crippen LogP contribution in [0.1, 0.15) is 6.42 Å². The molecule has 0 saturated carbocycles. The highest BCUT2D eigenvalue weighted by Gasteiger charge is 2.17. The van der Waals surface area contributed by atoms with Crippen molar-refractivity contribution in [3.05, 3.63) is 32.7 Å². The van der Waals surface area contributed by atoms with Crippen molar-refractivity contribution >= 4 is 21.8 Å². The first kappa shape index (κ1) is 9.66. The van der Waals surface area contributed by atoms with E-state index >= 15 is 0 Å². The highest BCUT2D eigenvalue weighted by atomic mass is 32.2. The van der Waals surface area contributed by atoms with E-state index in [1.54, 1.807) is 5.37 Å². The molecule has 0 amide bonds. The number of nitro groups is 1. The standard InChI is InChI=1S/C7H7NO4S/c9-7(10)3-5-13-4-1-2-6(13)8(11)12/h2-5H,1H2,(H,9,10). The zero-order valence-corrected chi connectivity index (χ0v) is 7.36. The molecule has 1 heterocycles. The molecule has 0 bridgehead atoms. The van der Waals surface area contributed by atoms with Crippen LogP contribution in [0.2, 0.25) is 0 Å². The van der Waals surface area contributed by atoms with E-state index in [-0.39, 0.29) is 5.03 Å². The largest absolute Gasteiger partial charge is 0.478 e. The Morgan fingerprint density at radius 1 is 1.77 bits per heavy atom. The molecule has 5 nitrogen and oxygen atoms in total. The molecule has 13 heavy (non-hydrogen) atoms. The van der Waals surface area contributed by atoms with Gasteiger partial charge in [0.25, 0.3) is 5.03 Å². The smallest absolute Gasteiger partial charge is 0.328 e. The van der Waals surface area contributed by atoms with Crippen molar-refractivity contribution < 1.29 is 14.8 Å². The lowest BCUT2D eigenvalue weighted by Gasteiger charge is -1.93. The van der Waals surface area contributed by atoms with Crippen LogP contribution in [0.15, 0.2) is 22.6 Å². The van der Waals surface area contributed by atoms with Crippen LogP contribution in [-0.2, 0) is 4.79 Å². The third kappa shape index (κ3) is 2.51. The number of hydrogen-bond acceptors (Lipinski definition) is 3. The number of nitrogens with zero attached hydrogens (tertiary/aromatic N) is 1. The number of hydrogen-bond donors (Lipinski definition) is 1. The Bertz CT molecular complexity index is 342. The predicted octanol–water partition coefficient (Wildman–Crippen LogP) is 1.18. The van der Waals surface area contributed by atoms with Gasteiger partial charge in [0.2, 0.25) is 0 Å². The molecule has 0 saturated heterocycles. The molecule has 0 spiro atoms.